The van der Waals surface area contributed by atoms with Gasteiger partial charge >= 0.3 is 0 Å². The predicted molar refractivity (Wildman–Crippen MR) is 106 cm³/mol. The maximum absolute atomic E-state index is 5.87. The summed E-state index contributed by atoms with van der Waals surface area (Å²) in [4.78, 5) is 0. The van der Waals surface area contributed by atoms with Crippen molar-refractivity contribution in [3.8, 4) is 0 Å². The standard InChI is InChI=1S/C23H29NO/c1-16(15-23(4,5)22-14-13-17(2)25-22)24-18(3)20-12-8-10-19-9-6-7-11-21(19)20/h6-14,16,18,24H,15H2,1-5H3/t16-,18-/m0/s1. The molecule has 3 aromatic rings. The van der Waals surface area contributed by atoms with Crippen LogP contribution in [0, 0.1) is 6.92 Å². The number of nitrogens with one attached hydrogen (secondary N) is 1. The molecular weight excluding hydrogens is 306 g/mol. The third kappa shape index (κ3) is 3.96. The monoisotopic (exact) mass is 335 g/mol. The first-order chi connectivity index (χ1) is 11.9. The molecule has 2 heteroatoms. The van der Waals surface area contributed by atoms with Gasteiger partial charge in [0.25, 0.3) is 0 Å². The van der Waals surface area contributed by atoms with Crippen molar-refractivity contribution in [3.05, 3.63) is 71.7 Å². The van der Waals surface area contributed by atoms with Gasteiger partial charge in [-0.05, 0) is 55.7 Å². The molecule has 0 aliphatic carbocycles. The van der Waals surface area contributed by atoms with E-state index in [1.54, 1.807) is 0 Å². The van der Waals surface area contributed by atoms with Crippen molar-refractivity contribution in [3.63, 3.8) is 0 Å². The fourth-order valence-corrected chi connectivity index (χ4v) is 3.87. The maximum atomic E-state index is 5.87. The molecule has 2 nitrogen and oxygen atoms in total. The zero-order valence-corrected chi connectivity index (χ0v) is 16.0. The van der Waals surface area contributed by atoms with Crippen LogP contribution in [0.4, 0.5) is 0 Å². The number of hydrogen-bond acceptors (Lipinski definition) is 2. The molecule has 0 saturated carbocycles. The fourth-order valence-electron chi connectivity index (χ4n) is 3.87. The normalized spacial score (nSPS) is 14.6. The van der Waals surface area contributed by atoms with E-state index >= 15 is 0 Å². The summed E-state index contributed by atoms with van der Waals surface area (Å²) in [6, 6.07) is 20.0. The third-order valence-corrected chi connectivity index (χ3v) is 5.05. The second-order valence-corrected chi connectivity index (χ2v) is 7.86. The van der Waals surface area contributed by atoms with Gasteiger partial charge in [0, 0.05) is 17.5 Å². The van der Waals surface area contributed by atoms with Gasteiger partial charge in [-0.3, -0.25) is 0 Å². The minimum absolute atomic E-state index is 0.0130. The molecule has 0 spiro atoms. The fraction of sp³-hybridized carbons (Fsp3) is 0.391. The average molecular weight is 335 g/mol. The van der Waals surface area contributed by atoms with E-state index in [-0.39, 0.29) is 5.41 Å². The zero-order chi connectivity index (χ0) is 18.0. The predicted octanol–water partition coefficient (Wildman–Crippen LogP) is 6.15. The van der Waals surface area contributed by atoms with Crippen molar-refractivity contribution in [2.24, 2.45) is 0 Å². The van der Waals surface area contributed by atoms with Gasteiger partial charge in [0.15, 0.2) is 0 Å². The molecule has 0 radical (unpaired) electrons. The van der Waals surface area contributed by atoms with Crippen LogP contribution >= 0.6 is 0 Å². The van der Waals surface area contributed by atoms with Crippen LogP contribution in [0.15, 0.2) is 59.0 Å². The zero-order valence-electron chi connectivity index (χ0n) is 16.0. The highest BCUT2D eigenvalue weighted by atomic mass is 16.3. The van der Waals surface area contributed by atoms with Gasteiger partial charge in [0.1, 0.15) is 11.5 Å². The third-order valence-electron chi connectivity index (χ3n) is 5.05. The number of rotatable bonds is 6. The maximum Gasteiger partial charge on any atom is 0.109 e. The quantitative estimate of drug-likeness (QED) is 0.584. The van der Waals surface area contributed by atoms with E-state index in [9.17, 15) is 0 Å². The van der Waals surface area contributed by atoms with Crippen molar-refractivity contribution < 1.29 is 4.42 Å². The van der Waals surface area contributed by atoms with E-state index in [1.165, 1.54) is 16.3 Å². The molecule has 0 amide bonds. The molecule has 2 aromatic carbocycles. The minimum atomic E-state index is 0.0130. The molecule has 0 aliphatic heterocycles. The largest absolute Gasteiger partial charge is 0.466 e. The van der Waals surface area contributed by atoms with Crippen LogP contribution in [0.25, 0.3) is 10.8 Å². The summed E-state index contributed by atoms with van der Waals surface area (Å²) in [6.45, 7) is 11.0. The average Bonchev–Trinajstić information content (AvgIpc) is 3.01. The van der Waals surface area contributed by atoms with Crippen LogP contribution < -0.4 is 5.32 Å². The molecule has 1 aromatic heterocycles. The van der Waals surface area contributed by atoms with Crippen molar-refractivity contribution in [1.82, 2.24) is 5.32 Å². The van der Waals surface area contributed by atoms with E-state index in [2.05, 4.69) is 81.5 Å². The highest BCUT2D eigenvalue weighted by molar-refractivity contribution is 5.86. The van der Waals surface area contributed by atoms with Crippen molar-refractivity contribution in [2.45, 2.75) is 58.5 Å². The van der Waals surface area contributed by atoms with Gasteiger partial charge in [0.2, 0.25) is 0 Å². The Labute approximate surface area is 151 Å². The Morgan fingerprint density at radius 3 is 2.40 bits per heavy atom. The van der Waals surface area contributed by atoms with Crippen LogP contribution in [0.5, 0.6) is 0 Å². The van der Waals surface area contributed by atoms with Crippen LogP contribution in [-0.4, -0.2) is 6.04 Å². The molecule has 132 valence electrons. The van der Waals surface area contributed by atoms with Gasteiger partial charge in [-0.2, -0.15) is 0 Å². The van der Waals surface area contributed by atoms with E-state index in [0.29, 0.717) is 12.1 Å². The molecular formula is C23H29NO. The van der Waals surface area contributed by atoms with Gasteiger partial charge in [-0.25, -0.2) is 0 Å². The topological polar surface area (TPSA) is 25.2 Å². The second-order valence-electron chi connectivity index (χ2n) is 7.86. The smallest absolute Gasteiger partial charge is 0.109 e. The molecule has 0 saturated heterocycles. The van der Waals surface area contributed by atoms with Crippen LogP contribution in [-0.2, 0) is 5.41 Å². The molecule has 1 heterocycles. The summed E-state index contributed by atoms with van der Waals surface area (Å²) in [6.07, 6.45) is 1.02. The second kappa shape index (κ2) is 7.05. The summed E-state index contributed by atoms with van der Waals surface area (Å²) in [5.41, 5.74) is 1.37. The van der Waals surface area contributed by atoms with Gasteiger partial charge in [-0.1, -0.05) is 56.3 Å². The summed E-state index contributed by atoms with van der Waals surface area (Å²) < 4.78 is 5.87. The number of aryl methyl sites for hydroxylation is 1. The molecule has 25 heavy (non-hydrogen) atoms. The van der Waals surface area contributed by atoms with Crippen LogP contribution in [0.2, 0.25) is 0 Å². The summed E-state index contributed by atoms with van der Waals surface area (Å²) in [5.74, 6) is 2.05. The van der Waals surface area contributed by atoms with Crippen molar-refractivity contribution in [1.29, 1.82) is 0 Å². The Kier molecular flexibility index (Phi) is 5.01. The first-order valence-corrected chi connectivity index (χ1v) is 9.17. The SMILES string of the molecule is Cc1ccc(C(C)(C)C[C@H](C)N[C@@H](C)c2cccc3ccccc23)o1. The first-order valence-electron chi connectivity index (χ1n) is 9.17. The van der Waals surface area contributed by atoms with E-state index < -0.39 is 0 Å². The van der Waals surface area contributed by atoms with Crippen molar-refractivity contribution in [2.75, 3.05) is 0 Å². The molecule has 2 atom stereocenters. The molecule has 0 unspecified atom stereocenters. The molecule has 0 fully saturated rings. The Morgan fingerprint density at radius 1 is 0.960 bits per heavy atom. The Balaban J connectivity index is 1.73. The van der Waals surface area contributed by atoms with Gasteiger partial charge in [0.05, 0.1) is 0 Å². The number of fused-ring (bicyclic) bond motifs is 1. The van der Waals surface area contributed by atoms with Crippen LogP contribution in [0.3, 0.4) is 0 Å². The lowest BCUT2D eigenvalue weighted by atomic mass is 9.83. The van der Waals surface area contributed by atoms with E-state index in [0.717, 1.165) is 17.9 Å². The molecule has 0 bridgehead atoms. The lowest BCUT2D eigenvalue weighted by Crippen LogP contribution is -2.34. The number of furan rings is 1. The minimum Gasteiger partial charge on any atom is -0.466 e. The van der Waals surface area contributed by atoms with Crippen LogP contribution in [0.1, 0.15) is 57.2 Å². The Bertz CT molecular complexity index is 841. The Hall–Kier alpha value is -2.06. The van der Waals surface area contributed by atoms with Crippen molar-refractivity contribution >= 4 is 10.8 Å². The lowest BCUT2D eigenvalue weighted by molar-refractivity contribution is 0.310. The highest BCUT2D eigenvalue weighted by Gasteiger charge is 2.27. The Morgan fingerprint density at radius 2 is 1.68 bits per heavy atom. The van der Waals surface area contributed by atoms with Gasteiger partial charge in [-0.15, -0.1) is 0 Å². The number of hydrogen-bond donors (Lipinski definition) is 1. The summed E-state index contributed by atoms with van der Waals surface area (Å²) in [7, 11) is 0. The summed E-state index contributed by atoms with van der Waals surface area (Å²) >= 11 is 0. The summed E-state index contributed by atoms with van der Waals surface area (Å²) in [5, 5.41) is 6.41. The van der Waals surface area contributed by atoms with E-state index in [1.807, 2.05) is 13.0 Å². The number of benzene rings is 2. The lowest BCUT2D eigenvalue weighted by Gasteiger charge is -2.29. The molecule has 0 aliphatic rings. The highest BCUT2D eigenvalue weighted by Crippen LogP contribution is 2.31. The molecule has 1 N–H and O–H groups in total. The molecule has 3 rings (SSSR count). The van der Waals surface area contributed by atoms with Gasteiger partial charge < -0.3 is 9.73 Å². The first kappa shape index (κ1) is 17.8. The van der Waals surface area contributed by atoms with E-state index in [4.69, 9.17) is 4.42 Å².